The predicted octanol–water partition coefficient (Wildman–Crippen LogP) is 2.51. The molecule has 0 aromatic heterocycles. The van der Waals surface area contributed by atoms with Gasteiger partial charge in [0.1, 0.15) is 0 Å². The third-order valence-corrected chi connectivity index (χ3v) is 2.02. The highest BCUT2D eigenvalue weighted by Crippen LogP contribution is 2.18. The maximum Gasteiger partial charge on any atom is 0.257 e. The van der Waals surface area contributed by atoms with Gasteiger partial charge in [-0.1, -0.05) is 31.2 Å². The number of rotatable bonds is 3. The molecule has 0 amide bonds. The Kier molecular flexibility index (Phi) is 3.37. The Bertz CT molecular complexity index is 273. The number of hydrogen-bond donors (Lipinski definition) is 1. The van der Waals surface area contributed by atoms with Crippen LogP contribution in [0.15, 0.2) is 24.3 Å². The van der Waals surface area contributed by atoms with Gasteiger partial charge in [0.2, 0.25) is 0 Å². The molecule has 0 bridgehead atoms. The monoisotopic (exact) mass is 185 g/mol. The van der Waals surface area contributed by atoms with E-state index in [1.54, 1.807) is 18.2 Å². The van der Waals surface area contributed by atoms with Crippen LogP contribution in [0.5, 0.6) is 0 Å². The molecule has 0 radical (unpaired) electrons. The summed E-state index contributed by atoms with van der Waals surface area (Å²) >= 11 is 0. The molecule has 1 aromatic rings. The Balaban J connectivity index is 2.88. The highest BCUT2D eigenvalue weighted by molar-refractivity contribution is 5.26. The first-order valence-corrected chi connectivity index (χ1v) is 4.27. The van der Waals surface area contributed by atoms with Gasteiger partial charge in [0, 0.05) is 0 Å². The molecule has 0 spiro atoms. The van der Waals surface area contributed by atoms with Crippen molar-refractivity contribution in [1.82, 2.24) is 0 Å². The standard InChI is InChI=1S/C10H13F2N/c1-2-7-4-3-5-8(6-7)9(13)10(11)12/h3-6,9-10H,2,13H2,1H3. The Labute approximate surface area is 76.6 Å². The van der Waals surface area contributed by atoms with Crippen LogP contribution >= 0.6 is 0 Å². The molecular weight excluding hydrogens is 172 g/mol. The molecule has 1 unspecified atom stereocenters. The molecule has 0 fully saturated rings. The number of nitrogens with two attached hydrogens (primary N) is 1. The molecule has 1 atom stereocenters. The highest BCUT2D eigenvalue weighted by atomic mass is 19.3. The van der Waals surface area contributed by atoms with Crippen LogP contribution < -0.4 is 5.73 Å². The quantitative estimate of drug-likeness (QED) is 0.769. The van der Waals surface area contributed by atoms with Crippen LogP contribution in [0.25, 0.3) is 0 Å². The van der Waals surface area contributed by atoms with E-state index in [4.69, 9.17) is 5.73 Å². The van der Waals surface area contributed by atoms with E-state index in [1.165, 1.54) is 0 Å². The summed E-state index contributed by atoms with van der Waals surface area (Å²) in [6.45, 7) is 1.98. The normalized spacial score (nSPS) is 13.3. The summed E-state index contributed by atoms with van der Waals surface area (Å²) in [5.74, 6) is 0. The fourth-order valence-electron chi connectivity index (χ4n) is 1.17. The Morgan fingerprint density at radius 3 is 2.62 bits per heavy atom. The second kappa shape index (κ2) is 4.33. The van der Waals surface area contributed by atoms with Crippen molar-refractivity contribution in [2.75, 3.05) is 0 Å². The molecule has 13 heavy (non-hydrogen) atoms. The summed E-state index contributed by atoms with van der Waals surface area (Å²) < 4.78 is 24.4. The summed E-state index contributed by atoms with van der Waals surface area (Å²) in [5, 5.41) is 0. The van der Waals surface area contributed by atoms with Crippen LogP contribution in [0.2, 0.25) is 0 Å². The number of hydrogen-bond acceptors (Lipinski definition) is 1. The van der Waals surface area contributed by atoms with E-state index in [2.05, 4.69) is 0 Å². The van der Waals surface area contributed by atoms with Crippen LogP contribution in [0.4, 0.5) is 8.78 Å². The van der Waals surface area contributed by atoms with Gasteiger partial charge in [-0.05, 0) is 17.5 Å². The van der Waals surface area contributed by atoms with Gasteiger partial charge in [-0.3, -0.25) is 0 Å². The van der Waals surface area contributed by atoms with Crippen LogP contribution in [-0.2, 0) is 6.42 Å². The van der Waals surface area contributed by atoms with Crippen molar-refractivity contribution in [3.8, 4) is 0 Å². The highest BCUT2D eigenvalue weighted by Gasteiger charge is 2.16. The van der Waals surface area contributed by atoms with Gasteiger partial charge in [-0.25, -0.2) is 8.78 Å². The summed E-state index contributed by atoms with van der Waals surface area (Å²) in [6, 6.07) is 5.87. The minimum absolute atomic E-state index is 0.509. The van der Waals surface area contributed by atoms with Crippen LogP contribution in [0.1, 0.15) is 24.1 Å². The summed E-state index contributed by atoms with van der Waals surface area (Å²) in [4.78, 5) is 0. The third-order valence-electron chi connectivity index (χ3n) is 2.02. The Morgan fingerprint density at radius 1 is 1.38 bits per heavy atom. The lowest BCUT2D eigenvalue weighted by Gasteiger charge is -2.11. The third kappa shape index (κ3) is 2.49. The van der Waals surface area contributed by atoms with E-state index in [0.717, 1.165) is 12.0 Å². The van der Waals surface area contributed by atoms with Gasteiger partial charge in [-0.15, -0.1) is 0 Å². The van der Waals surface area contributed by atoms with Gasteiger partial charge in [0.25, 0.3) is 6.43 Å². The summed E-state index contributed by atoms with van der Waals surface area (Å²) in [7, 11) is 0. The minimum atomic E-state index is -2.49. The SMILES string of the molecule is CCc1cccc(C(N)C(F)F)c1. The second-order valence-electron chi connectivity index (χ2n) is 2.96. The van der Waals surface area contributed by atoms with Crippen molar-refractivity contribution in [2.24, 2.45) is 5.73 Å². The zero-order chi connectivity index (χ0) is 9.84. The predicted molar refractivity (Wildman–Crippen MR) is 48.8 cm³/mol. The summed E-state index contributed by atoms with van der Waals surface area (Å²) in [5.41, 5.74) is 6.86. The van der Waals surface area contributed by atoms with Crippen LogP contribution in [-0.4, -0.2) is 6.43 Å². The van der Waals surface area contributed by atoms with Gasteiger partial charge >= 0.3 is 0 Å². The zero-order valence-corrected chi connectivity index (χ0v) is 7.50. The molecule has 1 aromatic carbocycles. The Hall–Kier alpha value is -0.960. The molecule has 72 valence electrons. The first kappa shape index (κ1) is 10.1. The molecule has 1 nitrogen and oxygen atoms in total. The largest absolute Gasteiger partial charge is 0.319 e. The zero-order valence-electron chi connectivity index (χ0n) is 7.50. The number of benzene rings is 1. The molecule has 0 aliphatic rings. The Morgan fingerprint density at radius 2 is 2.08 bits per heavy atom. The van der Waals surface area contributed by atoms with E-state index in [9.17, 15) is 8.78 Å². The fraction of sp³-hybridized carbons (Fsp3) is 0.400. The van der Waals surface area contributed by atoms with Crippen molar-refractivity contribution >= 4 is 0 Å². The second-order valence-corrected chi connectivity index (χ2v) is 2.96. The number of halogens is 2. The van der Waals surface area contributed by atoms with Crippen molar-refractivity contribution < 1.29 is 8.78 Å². The van der Waals surface area contributed by atoms with E-state index in [-0.39, 0.29) is 0 Å². The van der Waals surface area contributed by atoms with E-state index in [0.29, 0.717) is 5.56 Å². The van der Waals surface area contributed by atoms with Gasteiger partial charge in [0.05, 0.1) is 6.04 Å². The van der Waals surface area contributed by atoms with Crippen LogP contribution in [0, 0.1) is 0 Å². The number of alkyl halides is 2. The maximum absolute atomic E-state index is 12.2. The lowest BCUT2D eigenvalue weighted by atomic mass is 10.0. The lowest BCUT2D eigenvalue weighted by Crippen LogP contribution is -2.18. The van der Waals surface area contributed by atoms with Gasteiger partial charge in [-0.2, -0.15) is 0 Å². The maximum atomic E-state index is 12.2. The first-order chi connectivity index (χ1) is 6.15. The van der Waals surface area contributed by atoms with Gasteiger partial charge < -0.3 is 5.73 Å². The molecule has 0 aliphatic carbocycles. The first-order valence-electron chi connectivity index (χ1n) is 4.27. The average Bonchev–Trinajstić information content (AvgIpc) is 2.16. The van der Waals surface area contributed by atoms with Crippen molar-refractivity contribution in [2.45, 2.75) is 25.8 Å². The van der Waals surface area contributed by atoms with E-state index < -0.39 is 12.5 Å². The van der Waals surface area contributed by atoms with Crippen molar-refractivity contribution in [3.05, 3.63) is 35.4 Å². The van der Waals surface area contributed by atoms with Crippen molar-refractivity contribution in [1.29, 1.82) is 0 Å². The molecule has 0 aliphatic heterocycles. The molecule has 2 N–H and O–H groups in total. The average molecular weight is 185 g/mol. The smallest absolute Gasteiger partial charge is 0.257 e. The number of aryl methyl sites for hydroxylation is 1. The molecule has 1 rings (SSSR count). The summed E-state index contributed by atoms with van der Waals surface area (Å²) in [6.07, 6.45) is -1.66. The molecule has 0 saturated heterocycles. The van der Waals surface area contributed by atoms with E-state index in [1.807, 2.05) is 13.0 Å². The lowest BCUT2D eigenvalue weighted by molar-refractivity contribution is 0.116. The fourth-order valence-corrected chi connectivity index (χ4v) is 1.17. The molecule has 0 heterocycles. The molecule has 3 heteroatoms. The van der Waals surface area contributed by atoms with Gasteiger partial charge in [0.15, 0.2) is 0 Å². The topological polar surface area (TPSA) is 26.0 Å². The minimum Gasteiger partial charge on any atom is -0.319 e. The molecular formula is C10H13F2N. The molecule has 0 saturated carbocycles. The van der Waals surface area contributed by atoms with Crippen LogP contribution in [0.3, 0.4) is 0 Å². The van der Waals surface area contributed by atoms with Crippen molar-refractivity contribution in [3.63, 3.8) is 0 Å². The van der Waals surface area contributed by atoms with E-state index >= 15 is 0 Å².